The Morgan fingerprint density at radius 3 is 2.44 bits per heavy atom. The minimum atomic E-state index is 0.558. The summed E-state index contributed by atoms with van der Waals surface area (Å²) in [4.78, 5) is 0. The van der Waals surface area contributed by atoms with Crippen molar-refractivity contribution >= 4 is 7.28 Å². The highest BCUT2D eigenvalue weighted by molar-refractivity contribution is 6.42. The Labute approximate surface area is 99.7 Å². The Morgan fingerprint density at radius 1 is 1.06 bits per heavy atom. The SMILES string of the molecule is [B]1C2CCCC1(Cc1ccccc1)CCC2. The number of fused-ring (bicyclic) bond motifs is 2. The average molecular weight is 211 g/mol. The third-order valence-corrected chi connectivity index (χ3v) is 4.49. The Bertz CT molecular complexity index is 334. The fourth-order valence-electron chi connectivity index (χ4n) is 3.77. The van der Waals surface area contributed by atoms with Crippen molar-refractivity contribution in [3.8, 4) is 0 Å². The molecule has 0 amide bonds. The van der Waals surface area contributed by atoms with Crippen LogP contribution in [0.15, 0.2) is 30.3 Å². The topological polar surface area (TPSA) is 0 Å². The van der Waals surface area contributed by atoms with E-state index in [-0.39, 0.29) is 0 Å². The quantitative estimate of drug-likeness (QED) is 0.641. The molecule has 0 saturated carbocycles. The summed E-state index contributed by atoms with van der Waals surface area (Å²) in [5.41, 5.74) is 1.53. The van der Waals surface area contributed by atoms with Crippen molar-refractivity contribution in [1.29, 1.82) is 0 Å². The number of hydrogen-bond donors (Lipinski definition) is 0. The van der Waals surface area contributed by atoms with Crippen LogP contribution in [0.25, 0.3) is 0 Å². The summed E-state index contributed by atoms with van der Waals surface area (Å²) in [6.07, 6.45) is 9.95. The van der Waals surface area contributed by atoms with E-state index < -0.39 is 0 Å². The Kier molecular flexibility index (Phi) is 2.79. The van der Waals surface area contributed by atoms with Crippen LogP contribution >= 0.6 is 0 Å². The molecule has 2 bridgehead atoms. The molecule has 2 heterocycles. The van der Waals surface area contributed by atoms with Gasteiger partial charge in [-0.2, -0.15) is 0 Å². The second-order valence-corrected chi connectivity index (χ2v) is 5.74. The molecule has 0 spiro atoms. The van der Waals surface area contributed by atoms with Gasteiger partial charge in [0, 0.05) is 0 Å². The third-order valence-electron chi connectivity index (χ3n) is 4.49. The van der Waals surface area contributed by atoms with Crippen LogP contribution in [0.1, 0.15) is 44.1 Å². The van der Waals surface area contributed by atoms with E-state index in [0.717, 1.165) is 5.82 Å². The van der Waals surface area contributed by atoms with E-state index in [2.05, 4.69) is 37.6 Å². The summed E-state index contributed by atoms with van der Waals surface area (Å²) in [6, 6.07) is 11.1. The van der Waals surface area contributed by atoms with E-state index in [1.165, 1.54) is 50.5 Å². The minimum absolute atomic E-state index is 0.558. The lowest BCUT2D eigenvalue weighted by Crippen LogP contribution is -2.34. The molecule has 2 fully saturated rings. The molecular weight excluding hydrogens is 191 g/mol. The van der Waals surface area contributed by atoms with Crippen LogP contribution in [0.4, 0.5) is 0 Å². The highest BCUT2D eigenvalue weighted by Gasteiger charge is 2.39. The van der Waals surface area contributed by atoms with Crippen LogP contribution in [0.2, 0.25) is 11.1 Å². The summed E-state index contributed by atoms with van der Waals surface area (Å²) in [5.74, 6) is 0.936. The Morgan fingerprint density at radius 2 is 1.75 bits per heavy atom. The lowest BCUT2D eigenvalue weighted by Gasteiger charge is -2.45. The van der Waals surface area contributed by atoms with Gasteiger partial charge < -0.3 is 0 Å². The van der Waals surface area contributed by atoms with Gasteiger partial charge in [0.25, 0.3) is 0 Å². The summed E-state index contributed by atoms with van der Waals surface area (Å²) >= 11 is 0. The molecular formula is C15H20B. The highest BCUT2D eigenvalue weighted by Crippen LogP contribution is 2.52. The molecule has 1 aromatic rings. The van der Waals surface area contributed by atoms with Gasteiger partial charge in [-0.25, -0.2) is 0 Å². The van der Waals surface area contributed by atoms with Crippen LogP contribution in [0, 0.1) is 0 Å². The molecule has 1 radical (unpaired) electrons. The summed E-state index contributed by atoms with van der Waals surface area (Å²) in [6.45, 7) is 0. The van der Waals surface area contributed by atoms with E-state index >= 15 is 0 Å². The molecule has 3 rings (SSSR count). The van der Waals surface area contributed by atoms with E-state index in [4.69, 9.17) is 0 Å². The summed E-state index contributed by atoms with van der Waals surface area (Å²) < 4.78 is 0. The minimum Gasteiger partial charge on any atom is -0.0682 e. The zero-order chi connectivity index (χ0) is 10.8. The first kappa shape index (κ1) is 10.4. The smallest absolute Gasteiger partial charge is 0.0682 e. The van der Waals surface area contributed by atoms with E-state index in [1.54, 1.807) is 0 Å². The number of benzene rings is 1. The van der Waals surface area contributed by atoms with Crippen molar-refractivity contribution in [2.45, 2.75) is 56.1 Å². The van der Waals surface area contributed by atoms with Crippen molar-refractivity contribution in [1.82, 2.24) is 0 Å². The van der Waals surface area contributed by atoms with Crippen LogP contribution in [0.5, 0.6) is 0 Å². The maximum atomic E-state index is 2.72. The first-order valence-corrected chi connectivity index (χ1v) is 6.76. The molecule has 2 aliphatic heterocycles. The molecule has 2 saturated heterocycles. The fraction of sp³-hybridized carbons (Fsp3) is 0.600. The van der Waals surface area contributed by atoms with Crippen molar-refractivity contribution in [2.75, 3.05) is 0 Å². The fourth-order valence-corrected chi connectivity index (χ4v) is 3.77. The lowest BCUT2D eigenvalue weighted by molar-refractivity contribution is 0.347. The van der Waals surface area contributed by atoms with Gasteiger partial charge in [0.15, 0.2) is 0 Å². The molecule has 0 N–H and O–H groups in total. The van der Waals surface area contributed by atoms with Crippen molar-refractivity contribution in [3.05, 3.63) is 35.9 Å². The second kappa shape index (κ2) is 4.27. The summed E-state index contributed by atoms with van der Waals surface area (Å²) in [7, 11) is 2.72. The van der Waals surface area contributed by atoms with Crippen molar-refractivity contribution in [3.63, 3.8) is 0 Å². The van der Waals surface area contributed by atoms with Crippen molar-refractivity contribution in [2.24, 2.45) is 0 Å². The first-order chi connectivity index (χ1) is 7.86. The molecule has 0 nitrogen and oxygen atoms in total. The monoisotopic (exact) mass is 211 g/mol. The first-order valence-electron chi connectivity index (χ1n) is 6.76. The van der Waals surface area contributed by atoms with E-state index in [1.807, 2.05) is 0 Å². The summed E-state index contributed by atoms with van der Waals surface area (Å²) in [5, 5.41) is 0.558. The zero-order valence-electron chi connectivity index (χ0n) is 9.99. The molecule has 1 aromatic carbocycles. The van der Waals surface area contributed by atoms with Gasteiger partial charge in [0.1, 0.15) is 7.28 Å². The molecule has 1 heteroatoms. The van der Waals surface area contributed by atoms with Crippen LogP contribution in [-0.4, -0.2) is 7.28 Å². The number of rotatable bonds is 2. The van der Waals surface area contributed by atoms with Crippen LogP contribution < -0.4 is 0 Å². The predicted octanol–water partition coefficient (Wildman–Crippen LogP) is 4.25. The van der Waals surface area contributed by atoms with Gasteiger partial charge in [-0.3, -0.25) is 0 Å². The van der Waals surface area contributed by atoms with Gasteiger partial charge in [-0.05, 0) is 12.0 Å². The molecule has 83 valence electrons. The lowest BCUT2D eigenvalue weighted by atomic mass is 9.35. The molecule has 0 atom stereocenters. The standard InChI is InChI=1S/C15H20B/c1-2-6-13(7-3-1)12-15-10-4-8-14(16-15)9-5-11-15/h1-3,6-7,14H,4-5,8-12H2. The Hall–Kier alpha value is -0.715. The van der Waals surface area contributed by atoms with Gasteiger partial charge in [0.05, 0.1) is 0 Å². The van der Waals surface area contributed by atoms with Gasteiger partial charge in [-0.1, -0.05) is 80.0 Å². The largest absolute Gasteiger partial charge is 0.122 e. The van der Waals surface area contributed by atoms with Crippen LogP contribution in [-0.2, 0) is 6.42 Å². The molecule has 2 aliphatic rings. The normalized spacial score (nSPS) is 33.1. The second-order valence-electron chi connectivity index (χ2n) is 5.74. The van der Waals surface area contributed by atoms with Crippen molar-refractivity contribution < 1.29 is 0 Å². The average Bonchev–Trinajstić information content (AvgIpc) is 2.30. The van der Waals surface area contributed by atoms with E-state index in [9.17, 15) is 0 Å². The van der Waals surface area contributed by atoms with Gasteiger partial charge in [0.2, 0.25) is 0 Å². The predicted molar refractivity (Wildman–Crippen MR) is 70.0 cm³/mol. The Balaban J connectivity index is 1.77. The van der Waals surface area contributed by atoms with Crippen LogP contribution in [0.3, 0.4) is 0 Å². The zero-order valence-corrected chi connectivity index (χ0v) is 9.99. The molecule has 16 heavy (non-hydrogen) atoms. The van der Waals surface area contributed by atoms with E-state index in [0.29, 0.717) is 5.31 Å². The molecule has 0 aromatic heterocycles. The molecule has 0 aliphatic carbocycles. The molecule has 0 unspecified atom stereocenters. The van der Waals surface area contributed by atoms with Gasteiger partial charge >= 0.3 is 0 Å². The third kappa shape index (κ3) is 2.05. The number of hydrogen-bond acceptors (Lipinski definition) is 0. The van der Waals surface area contributed by atoms with Gasteiger partial charge in [-0.15, -0.1) is 0 Å². The highest BCUT2D eigenvalue weighted by atomic mass is 14.3. The maximum Gasteiger partial charge on any atom is 0.122 e. The maximum absolute atomic E-state index is 2.72.